The molecule has 4 aromatic rings. The first-order valence-corrected chi connectivity index (χ1v) is 12.7. The van der Waals surface area contributed by atoms with Crippen molar-refractivity contribution < 1.29 is 31.0 Å². The van der Waals surface area contributed by atoms with Gasteiger partial charge in [-0.2, -0.15) is 27.1 Å². The molecule has 0 saturated heterocycles. The van der Waals surface area contributed by atoms with Crippen molar-refractivity contribution in [2.75, 3.05) is 0 Å². The van der Waals surface area contributed by atoms with Gasteiger partial charge in [-0.3, -0.25) is 13.9 Å². The van der Waals surface area contributed by atoms with Crippen molar-refractivity contribution in [2.24, 2.45) is 20.5 Å². The number of pyridine rings is 1. The van der Waals surface area contributed by atoms with E-state index in [0.717, 1.165) is 24.3 Å². The Bertz CT molecular complexity index is 1810. The van der Waals surface area contributed by atoms with Gasteiger partial charge in [0.15, 0.2) is 11.4 Å². The van der Waals surface area contributed by atoms with Crippen molar-refractivity contribution in [1.82, 2.24) is 4.98 Å². The monoisotopic (exact) mass is 529 g/mol. The average Bonchev–Trinajstić information content (AvgIpc) is 2.82. The lowest BCUT2D eigenvalue weighted by atomic mass is 10.2. The maximum Gasteiger partial charge on any atom is 0.296 e. The summed E-state index contributed by atoms with van der Waals surface area (Å²) in [5.41, 5.74) is -1.06. The molecule has 0 aliphatic heterocycles. The highest BCUT2D eigenvalue weighted by molar-refractivity contribution is 7.86. The van der Waals surface area contributed by atoms with E-state index in [0.29, 0.717) is 10.9 Å². The van der Waals surface area contributed by atoms with Crippen LogP contribution < -0.4 is 5.56 Å². The van der Waals surface area contributed by atoms with Crippen molar-refractivity contribution in [3.63, 3.8) is 0 Å². The van der Waals surface area contributed by atoms with E-state index in [9.17, 15) is 31.3 Å². The number of para-hydroxylation sites is 1. The van der Waals surface area contributed by atoms with Crippen molar-refractivity contribution in [1.29, 1.82) is 0 Å². The van der Waals surface area contributed by atoms with Gasteiger partial charge in [-0.25, -0.2) is 0 Å². The lowest BCUT2D eigenvalue weighted by Crippen LogP contribution is -2.05. The maximum atomic E-state index is 12.3. The molecule has 0 radical (unpaired) electrons. The molecule has 0 aliphatic carbocycles. The Labute approximate surface area is 203 Å². The molecule has 0 fully saturated rings. The molecule has 0 atom stereocenters. The highest BCUT2D eigenvalue weighted by atomic mass is 32.2. The molecule has 13 nitrogen and oxygen atoms in total. The second-order valence-corrected chi connectivity index (χ2v) is 10.0. The SMILES string of the molecule is O=c1[nH]c2ccccc2c(O)c1N=Nc1ccc(N=Nc2ccc(S(=O)(=O)O)cc2)cc1S(=O)(=O)O. The van der Waals surface area contributed by atoms with E-state index in [4.69, 9.17) is 4.55 Å². The van der Waals surface area contributed by atoms with Gasteiger partial charge in [0.25, 0.3) is 25.8 Å². The van der Waals surface area contributed by atoms with E-state index in [2.05, 4.69) is 25.4 Å². The maximum absolute atomic E-state index is 12.3. The molecule has 4 N–H and O–H groups in total. The number of hydrogen-bond acceptors (Lipinski definition) is 10. The molecule has 15 heteroatoms. The van der Waals surface area contributed by atoms with Gasteiger partial charge in [-0.1, -0.05) is 12.1 Å². The van der Waals surface area contributed by atoms with Gasteiger partial charge in [-0.05, 0) is 54.6 Å². The van der Waals surface area contributed by atoms with Gasteiger partial charge in [0, 0.05) is 5.39 Å². The third-order valence-corrected chi connectivity index (χ3v) is 6.52. The number of H-pyrrole nitrogens is 1. The van der Waals surface area contributed by atoms with Gasteiger partial charge in [-0.15, -0.1) is 10.2 Å². The molecule has 1 heterocycles. The molecule has 0 bridgehead atoms. The fourth-order valence-electron chi connectivity index (χ4n) is 3.07. The summed E-state index contributed by atoms with van der Waals surface area (Å²) in [6.07, 6.45) is 0. The third-order valence-electron chi connectivity index (χ3n) is 4.76. The number of hydrogen-bond donors (Lipinski definition) is 4. The van der Waals surface area contributed by atoms with Crippen LogP contribution >= 0.6 is 0 Å². The van der Waals surface area contributed by atoms with Gasteiger partial charge >= 0.3 is 0 Å². The molecule has 0 saturated carbocycles. The number of aromatic hydroxyl groups is 1. The largest absolute Gasteiger partial charge is 0.505 e. The van der Waals surface area contributed by atoms with Gasteiger partial charge < -0.3 is 10.1 Å². The number of aromatic nitrogens is 1. The van der Waals surface area contributed by atoms with Crippen molar-refractivity contribution in [3.8, 4) is 5.75 Å². The Kier molecular flexibility index (Phi) is 6.47. The number of azo groups is 2. The molecular weight excluding hydrogens is 514 g/mol. The molecule has 1 aromatic heterocycles. The van der Waals surface area contributed by atoms with E-state index < -0.39 is 42.1 Å². The predicted octanol–water partition coefficient (Wildman–Crippen LogP) is 4.56. The number of rotatable bonds is 6. The summed E-state index contributed by atoms with van der Waals surface area (Å²) in [5.74, 6) is -0.461. The van der Waals surface area contributed by atoms with Gasteiger partial charge in [0.2, 0.25) is 0 Å². The van der Waals surface area contributed by atoms with Crippen LogP contribution in [0.1, 0.15) is 0 Å². The highest BCUT2D eigenvalue weighted by Gasteiger charge is 2.18. The number of benzene rings is 3. The van der Waals surface area contributed by atoms with Crippen LogP contribution in [0.3, 0.4) is 0 Å². The minimum Gasteiger partial charge on any atom is -0.505 e. The predicted molar refractivity (Wildman–Crippen MR) is 127 cm³/mol. The lowest BCUT2D eigenvalue weighted by molar-refractivity contribution is 0.480. The molecular formula is C21H15N5O8S2. The zero-order valence-electron chi connectivity index (χ0n) is 17.8. The van der Waals surface area contributed by atoms with Crippen molar-refractivity contribution >= 4 is 53.9 Å². The zero-order valence-corrected chi connectivity index (χ0v) is 19.5. The van der Waals surface area contributed by atoms with Crippen LogP contribution in [0, 0.1) is 0 Å². The number of nitrogens with one attached hydrogen (secondary N) is 1. The van der Waals surface area contributed by atoms with E-state index >= 15 is 0 Å². The fourth-order valence-corrected chi connectivity index (χ4v) is 4.19. The second-order valence-electron chi connectivity index (χ2n) is 7.19. The summed E-state index contributed by atoms with van der Waals surface area (Å²) in [7, 11) is -9.20. The standard InChI is InChI=1S/C21H15N5O8S2/c27-20-15-3-1-2-4-16(15)22-21(28)19(20)26-25-17-10-7-13(11-18(17)36(32,33)34)24-23-12-5-8-14(9-6-12)35(29,30)31/h1-11H,(H2,22,27,28)(H,29,30,31)(H,32,33,34). The van der Waals surface area contributed by atoms with E-state index in [1.54, 1.807) is 24.3 Å². The molecule has 184 valence electrons. The van der Waals surface area contributed by atoms with Crippen LogP contribution in [-0.2, 0) is 20.2 Å². The number of fused-ring (bicyclic) bond motifs is 1. The normalized spacial score (nSPS) is 12.6. The van der Waals surface area contributed by atoms with E-state index in [1.165, 1.54) is 18.2 Å². The first kappa shape index (κ1) is 24.8. The van der Waals surface area contributed by atoms with Crippen LogP contribution in [0.15, 0.2) is 102 Å². The third kappa shape index (κ3) is 5.33. The molecule has 4 rings (SSSR count). The van der Waals surface area contributed by atoms with E-state index in [-0.39, 0.29) is 22.0 Å². The summed E-state index contributed by atoms with van der Waals surface area (Å²) < 4.78 is 64.7. The van der Waals surface area contributed by atoms with Crippen molar-refractivity contribution in [3.05, 3.63) is 77.1 Å². The van der Waals surface area contributed by atoms with Gasteiger partial charge in [0.1, 0.15) is 10.6 Å². The van der Waals surface area contributed by atoms with Crippen LogP contribution in [0.5, 0.6) is 5.75 Å². The molecule has 36 heavy (non-hydrogen) atoms. The van der Waals surface area contributed by atoms with Crippen LogP contribution in [0.25, 0.3) is 10.9 Å². The summed E-state index contributed by atoms with van der Waals surface area (Å²) >= 11 is 0. The Balaban J connectivity index is 1.69. The Morgan fingerprint density at radius 1 is 0.722 bits per heavy atom. The molecule has 0 spiro atoms. The summed E-state index contributed by atoms with van der Waals surface area (Å²) in [6.45, 7) is 0. The Morgan fingerprint density at radius 2 is 1.36 bits per heavy atom. The first-order chi connectivity index (χ1) is 16.9. The highest BCUT2D eigenvalue weighted by Crippen LogP contribution is 2.34. The van der Waals surface area contributed by atoms with E-state index in [1.807, 2.05) is 0 Å². The van der Waals surface area contributed by atoms with Crippen LogP contribution in [-0.4, -0.2) is 36.0 Å². The van der Waals surface area contributed by atoms with Crippen LogP contribution in [0.2, 0.25) is 0 Å². The molecule has 3 aromatic carbocycles. The quantitative estimate of drug-likeness (QED) is 0.205. The lowest BCUT2D eigenvalue weighted by Gasteiger charge is -2.04. The minimum atomic E-state index is -4.82. The van der Waals surface area contributed by atoms with Gasteiger partial charge in [0.05, 0.1) is 21.8 Å². The Hall–Kier alpha value is -4.31. The first-order valence-electron chi connectivity index (χ1n) is 9.80. The molecule has 0 amide bonds. The molecule has 0 unspecified atom stereocenters. The summed E-state index contributed by atoms with van der Waals surface area (Å²) in [6, 6.07) is 14.5. The average molecular weight is 530 g/mol. The number of nitrogens with zero attached hydrogens (tertiary/aromatic N) is 4. The Morgan fingerprint density at radius 3 is 2.03 bits per heavy atom. The van der Waals surface area contributed by atoms with Crippen LogP contribution in [0.4, 0.5) is 22.7 Å². The number of aromatic amines is 1. The second kappa shape index (κ2) is 9.38. The van der Waals surface area contributed by atoms with Crippen molar-refractivity contribution in [2.45, 2.75) is 9.79 Å². The zero-order chi connectivity index (χ0) is 26.1. The fraction of sp³-hybridized carbons (Fsp3) is 0. The summed E-state index contributed by atoms with van der Waals surface area (Å²) in [4.78, 5) is 13.8. The summed E-state index contributed by atoms with van der Waals surface area (Å²) in [5, 5.41) is 25.8. The molecule has 0 aliphatic rings. The topological polar surface area (TPSA) is 211 Å². The smallest absolute Gasteiger partial charge is 0.296 e. The minimum absolute atomic E-state index is 0.0215.